The van der Waals surface area contributed by atoms with Crippen molar-refractivity contribution < 1.29 is 39.2 Å². The van der Waals surface area contributed by atoms with Crippen molar-refractivity contribution in [1.82, 2.24) is 14.8 Å². The van der Waals surface area contributed by atoms with E-state index in [9.17, 15) is 29.7 Å². The van der Waals surface area contributed by atoms with Gasteiger partial charge in [0.2, 0.25) is 0 Å². The Bertz CT molecular complexity index is 1410. The van der Waals surface area contributed by atoms with Gasteiger partial charge in [-0.05, 0) is 52.7 Å². The number of anilines is 1. The first-order chi connectivity index (χ1) is 19.2. The number of carbonyl (C=O) groups is 3. The monoisotopic (exact) mass is 588 g/mol. The van der Waals surface area contributed by atoms with Crippen LogP contribution in [0.2, 0.25) is 5.02 Å². The summed E-state index contributed by atoms with van der Waals surface area (Å²) < 4.78 is 11.7. The van der Waals surface area contributed by atoms with E-state index in [1.807, 2.05) is 0 Å². The summed E-state index contributed by atoms with van der Waals surface area (Å²) in [6, 6.07) is 3.61. The minimum Gasteiger partial charge on any atom is -0.507 e. The minimum atomic E-state index is -1.38. The Morgan fingerprint density at radius 2 is 1.83 bits per heavy atom. The predicted molar refractivity (Wildman–Crippen MR) is 149 cm³/mol. The fourth-order valence-corrected chi connectivity index (χ4v) is 5.88. The van der Waals surface area contributed by atoms with Crippen LogP contribution in [0.3, 0.4) is 0 Å². The first-order valence-corrected chi connectivity index (χ1v) is 13.8. The number of aromatic hydroxyl groups is 2. The molecule has 0 spiro atoms. The molecule has 220 valence electrons. The number of phenols is 2. The summed E-state index contributed by atoms with van der Waals surface area (Å²) >= 11 is 6.80. The molecule has 5 rings (SSSR count). The van der Waals surface area contributed by atoms with Gasteiger partial charge in [0.25, 0.3) is 5.91 Å². The maximum absolute atomic E-state index is 14.2. The summed E-state index contributed by atoms with van der Waals surface area (Å²) in [5.41, 5.74) is -2.21. The van der Waals surface area contributed by atoms with Gasteiger partial charge in [0.15, 0.2) is 5.75 Å². The smallest absolute Gasteiger partial charge is 0.410 e. The number of rotatable bonds is 3. The van der Waals surface area contributed by atoms with E-state index in [1.165, 1.54) is 23.1 Å². The van der Waals surface area contributed by atoms with Gasteiger partial charge in [0.05, 0.1) is 11.6 Å². The maximum Gasteiger partial charge on any atom is 0.410 e. The van der Waals surface area contributed by atoms with Crippen LogP contribution in [0.5, 0.6) is 17.2 Å². The lowest BCUT2D eigenvalue weighted by Crippen LogP contribution is -2.58. The van der Waals surface area contributed by atoms with Crippen LogP contribution in [0, 0.1) is 0 Å². The third kappa shape index (κ3) is 4.94. The third-order valence-corrected chi connectivity index (χ3v) is 8.07. The summed E-state index contributed by atoms with van der Waals surface area (Å²) in [6.07, 6.45) is 0.342. The Kier molecular flexibility index (Phi) is 7.09. The number of aromatic nitrogens is 1. The molecule has 0 bridgehead atoms. The van der Waals surface area contributed by atoms with Crippen molar-refractivity contribution in [3.05, 3.63) is 28.8 Å². The molecule has 2 saturated heterocycles. The van der Waals surface area contributed by atoms with Crippen molar-refractivity contribution in [3.63, 3.8) is 0 Å². The standard InChI is InChI=1S/C28H33ClN4O8/c1-27(2,3)41-26(39)31-11-12-32-15(13-31)14-40-22-19(24(32)36)23(33-10-6-9-28(33,4)25(37)38)30-21(20(22)29)18-16(34)7-5-8-17(18)35/h5,7-8,15,34-35H,6,9-14H2,1-4H3,(H,37,38)/t15-,28+/m1/s1. The average Bonchev–Trinajstić information content (AvgIpc) is 3.22. The van der Waals surface area contributed by atoms with Gasteiger partial charge in [-0.3, -0.25) is 4.79 Å². The van der Waals surface area contributed by atoms with Crippen LogP contribution in [0.15, 0.2) is 18.2 Å². The predicted octanol–water partition coefficient (Wildman–Crippen LogP) is 3.71. The average molecular weight is 589 g/mol. The minimum absolute atomic E-state index is 0.00347. The summed E-state index contributed by atoms with van der Waals surface area (Å²) in [7, 11) is 0. The van der Waals surface area contributed by atoms with E-state index in [4.69, 9.17) is 21.1 Å². The number of piperazine rings is 1. The van der Waals surface area contributed by atoms with Gasteiger partial charge in [0, 0.05) is 26.2 Å². The number of carboxylic acids is 1. The quantitative estimate of drug-likeness (QED) is 0.483. The molecular weight excluding hydrogens is 556 g/mol. The van der Waals surface area contributed by atoms with Crippen LogP contribution in [0.25, 0.3) is 11.3 Å². The normalized spacial score (nSPS) is 22.5. The Labute approximate surface area is 242 Å². The lowest BCUT2D eigenvalue weighted by Gasteiger charge is -2.40. The zero-order chi connectivity index (χ0) is 29.9. The molecule has 12 nitrogen and oxygen atoms in total. The number of aliphatic carboxylic acids is 1. The third-order valence-electron chi connectivity index (χ3n) is 7.72. The summed E-state index contributed by atoms with van der Waals surface area (Å²) in [4.78, 5) is 48.7. The van der Waals surface area contributed by atoms with Crippen molar-refractivity contribution in [2.24, 2.45) is 0 Å². The highest BCUT2D eigenvalue weighted by atomic mass is 35.5. The molecule has 2 aromatic rings. The number of halogens is 1. The number of benzene rings is 1. The highest BCUT2D eigenvalue weighted by Gasteiger charge is 2.48. The topological polar surface area (TPSA) is 153 Å². The van der Waals surface area contributed by atoms with Gasteiger partial charge in [-0.15, -0.1) is 0 Å². The number of carbonyl (C=O) groups excluding carboxylic acids is 2. The molecule has 41 heavy (non-hydrogen) atoms. The molecule has 2 amide bonds. The van der Waals surface area contributed by atoms with E-state index >= 15 is 0 Å². The molecule has 0 aliphatic carbocycles. The Morgan fingerprint density at radius 3 is 2.46 bits per heavy atom. The maximum atomic E-state index is 14.2. The van der Waals surface area contributed by atoms with Crippen LogP contribution >= 0.6 is 11.6 Å². The van der Waals surface area contributed by atoms with E-state index in [0.29, 0.717) is 19.4 Å². The van der Waals surface area contributed by atoms with Gasteiger partial charge >= 0.3 is 12.1 Å². The van der Waals surface area contributed by atoms with Crippen LogP contribution in [0.4, 0.5) is 10.6 Å². The molecule has 1 aromatic carbocycles. The number of fused-ring (bicyclic) bond motifs is 2. The zero-order valence-corrected chi connectivity index (χ0v) is 24.1. The summed E-state index contributed by atoms with van der Waals surface area (Å²) in [6.45, 7) is 7.71. The second-order valence-corrected chi connectivity index (χ2v) is 12.1. The first-order valence-electron chi connectivity index (χ1n) is 13.4. The van der Waals surface area contributed by atoms with Crippen LogP contribution in [-0.2, 0) is 9.53 Å². The van der Waals surface area contributed by atoms with Crippen LogP contribution in [0.1, 0.15) is 50.9 Å². The van der Waals surface area contributed by atoms with Gasteiger partial charge < -0.3 is 39.5 Å². The van der Waals surface area contributed by atoms with Crippen molar-refractivity contribution in [1.29, 1.82) is 0 Å². The second kappa shape index (κ2) is 10.2. The van der Waals surface area contributed by atoms with E-state index in [1.54, 1.807) is 37.5 Å². The van der Waals surface area contributed by atoms with Crippen molar-refractivity contribution in [2.45, 2.75) is 57.7 Å². The SMILES string of the molecule is CC(C)(C)OC(=O)N1CCN2C(=O)c3c(N4CCC[C@@]4(C)C(=O)O)nc(-c4c(O)cccc4O)c(Cl)c3OC[C@H]2C1. The van der Waals surface area contributed by atoms with Crippen molar-refractivity contribution in [3.8, 4) is 28.5 Å². The fraction of sp³-hybridized carbons (Fsp3) is 0.500. The number of carboxylic acid groups (broad SMARTS) is 1. The number of ether oxygens (including phenoxy) is 2. The van der Waals surface area contributed by atoms with E-state index in [2.05, 4.69) is 4.98 Å². The summed E-state index contributed by atoms with van der Waals surface area (Å²) in [5, 5.41) is 31.3. The lowest BCUT2D eigenvalue weighted by molar-refractivity contribution is -0.142. The van der Waals surface area contributed by atoms with Gasteiger partial charge in [-0.2, -0.15) is 0 Å². The highest BCUT2D eigenvalue weighted by molar-refractivity contribution is 6.35. The Hall–Kier alpha value is -3.93. The van der Waals surface area contributed by atoms with E-state index in [0.717, 1.165) is 0 Å². The number of amides is 2. The molecule has 2 atom stereocenters. The molecular formula is C28H33ClN4O8. The van der Waals surface area contributed by atoms with Crippen molar-refractivity contribution >= 4 is 35.4 Å². The fourth-order valence-electron chi connectivity index (χ4n) is 5.60. The van der Waals surface area contributed by atoms with E-state index < -0.39 is 35.2 Å². The highest BCUT2D eigenvalue weighted by Crippen LogP contribution is 2.49. The molecule has 3 N–H and O–H groups in total. The molecule has 13 heteroatoms. The van der Waals surface area contributed by atoms with Gasteiger partial charge in [-0.1, -0.05) is 17.7 Å². The number of pyridine rings is 1. The molecule has 3 aliphatic heterocycles. The molecule has 0 radical (unpaired) electrons. The molecule has 0 unspecified atom stereocenters. The molecule has 2 fully saturated rings. The number of hydrogen-bond acceptors (Lipinski definition) is 9. The van der Waals surface area contributed by atoms with Gasteiger partial charge in [0.1, 0.15) is 51.3 Å². The largest absolute Gasteiger partial charge is 0.507 e. The molecule has 0 saturated carbocycles. The zero-order valence-electron chi connectivity index (χ0n) is 23.3. The summed E-state index contributed by atoms with van der Waals surface area (Å²) in [5.74, 6) is -2.17. The van der Waals surface area contributed by atoms with E-state index in [-0.39, 0.29) is 71.2 Å². The van der Waals surface area contributed by atoms with Crippen molar-refractivity contribution in [2.75, 3.05) is 37.7 Å². The number of hydrogen-bond donors (Lipinski definition) is 3. The number of nitrogens with zero attached hydrogens (tertiary/aromatic N) is 4. The first kappa shape index (κ1) is 28.6. The van der Waals surface area contributed by atoms with Gasteiger partial charge in [-0.25, -0.2) is 14.6 Å². The second-order valence-electron chi connectivity index (χ2n) is 11.7. The number of phenolic OH excluding ortho intramolecular Hbond substituents is 2. The molecule has 4 heterocycles. The Morgan fingerprint density at radius 1 is 1.15 bits per heavy atom. The molecule has 3 aliphatic rings. The molecule has 1 aromatic heterocycles. The van der Waals surface area contributed by atoms with Crippen LogP contribution < -0.4 is 9.64 Å². The Balaban J connectivity index is 1.63. The lowest BCUT2D eigenvalue weighted by atomic mass is 9.98. The van der Waals surface area contributed by atoms with Crippen LogP contribution in [-0.4, -0.2) is 98.0 Å².